The minimum atomic E-state index is -1.03. The topological polar surface area (TPSA) is 63.1 Å². The molecule has 0 spiro atoms. The van der Waals surface area contributed by atoms with Crippen LogP contribution >= 0.6 is 11.6 Å². The van der Waals surface area contributed by atoms with Crippen molar-refractivity contribution in [2.45, 2.75) is 18.8 Å². The molecule has 0 saturated heterocycles. The number of rotatable bonds is 2. The molecule has 1 heterocycles. The number of nitrogens with zero attached hydrogens (tertiary/aromatic N) is 2. The Bertz CT molecular complexity index is 363. The average molecular weight is 199 g/mol. The third kappa shape index (κ3) is 1.49. The molecule has 68 valence electrons. The lowest BCUT2D eigenvalue weighted by Gasteiger charge is -2.03. The minimum Gasteiger partial charge on any atom is -0.478 e. The molecule has 0 atom stereocenters. The maximum absolute atomic E-state index is 10.8. The molecule has 1 fully saturated rings. The van der Waals surface area contributed by atoms with Crippen molar-refractivity contribution < 1.29 is 9.90 Å². The van der Waals surface area contributed by atoms with Gasteiger partial charge in [-0.05, 0) is 24.3 Å². The molecule has 0 bridgehead atoms. The van der Waals surface area contributed by atoms with Crippen molar-refractivity contribution >= 4 is 17.6 Å². The average Bonchev–Trinajstić information content (AvgIpc) is 2.85. The Morgan fingerprint density at radius 1 is 1.62 bits per heavy atom. The SMILES string of the molecule is O=C(O)c1c(C2CC2)cnnc1Cl. The van der Waals surface area contributed by atoms with Gasteiger partial charge in [0, 0.05) is 0 Å². The number of aromatic nitrogens is 2. The van der Waals surface area contributed by atoms with Gasteiger partial charge in [0.1, 0.15) is 5.56 Å². The highest BCUT2D eigenvalue weighted by molar-refractivity contribution is 6.32. The summed E-state index contributed by atoms with van der Waals surface area (Å²) in [5, 5.41) is 16.0. The molecule has 1 N–H and O–H groups in total. The summed E-state index contributed by atoms with van der Waals surface area (Å²) in [6.45, 7) is 0. The van der Waals surface area contributed by atoms with E-state index in [0.29, 0.717) is 11.5 Å². The lowest BCUT2D eigenvalue weighted by atomic mass is 10.1. The minimum absolute atomic E-state index is 0.0168. The van der Waals surface area contributed by atoms with Gasteiger partial charge in [-0.15, -0.1) is 5.10 Å². The molecule has 0 aromatic carbocycles. The highest BCUT2D eigenvalue weighted by atomic mass is 35.5. The summed E-state index contributed by atoms with van der Waals surface area (Å²) in [7, 11) is 0. The molecule has 1 aliphatic carbocycles. The van der Waals surface area contributed by atoms with Gasteiger partial charge in [-0.1, -0.05) is 11.6 Å². The molecule has 0 unspecified atom stereocenters. The maximum atomic E-state index is 10.8. The Morgan fingerprint density at radius 2 is 2.31 bits per heavy atom. The summed E-state index contributed by atoms with van der Waals surface area (Å²) in [5.74, 6) is -0.707. The molecule has 4 nitrogen and oxygen atoms in total. The summed E-state index contributed by atoms with van der Waals surface area (Å²) < 4.78 is 0. The fourth-order valence-corrected chi connectivity index (χ4v) is 1.52. The second kappa shape index (κ2) is 2.96. The van der Waals surface area contributed by atoms with E-state index in [1.54, 1.807) is 0 Å². The second-order valence-electron chi connectivity index (χ2n) is 3.05. The molecule has 1 aliphatic rings. The zero-order chi connectivity index (χ0) is 9.42. The van der Waals surface area contributed by atoms with Crippen molar-refractivity contribution in [2.75, 3.05) is 0 Å². The zero-order valence-corrected chi connectivity index (χ0v) is 7.45. The zero-order valence-electron chi connectivity index (χ0n) is 6.70. The summed E-state index contributed by atoms with van der Waals surface area (Å²) in [6, 6.07) is 0. The number of halogens is 1. The van der Waals surface area contributed by atoms with Gasteiger partial charge < -0.3 is 5.11 Å². The number of hydrogen-bond donors (Lipinski definition) is 1. The quantitative estimate of drug-likeness (QED) is 0.786. The van der Waals surface area contributed by atoms with Gasteiger partial charge in [0.15, 0.2) is 5.15 Å². The molecule has 13 heavy (non-hydrogen) atoms. The van der Waals surface area contributed by atoms with Crippen molar-refractivity contribution in [1.82, 2.24) is 10.2 Å². The van der Waals surface area contributed by atoms with Gasteiger partial charge in [-0.25, -0.2) is 4.79 Å². The van der Waals surface area contributed by atoms with Crippen LogP contribution in [0.15, 0.2) is 6.20 Å². The predicted molar refractivity (Wildman–Crippen MR) is 46.0 cm³/mol. The smallest absolute Gasteiger partial charge is 0.339 e. The number of carboxylic acid groups (broad SMARTS) is 1. The van der Waals surface area contributed by atoms with Gasteiger partial charge >= 0.3 is 5.97 Å². The fourth-order valence-electron chi connectivity index (χ4n) is 1.29. The van der Waals surface area contributed by atoms with E-state index in [1.165, 1.54) is 6.20 Å². The largest absolute Gasteiger partial charge is 0.478 e. The lowest BCUT2D eigenvalue weighted by molar-refractivity contribution is 0.0695. The predicted octanol–water partition coefficient (Wildman–Crippen LogP) is 1.71. The maximum Gasteiger partial charge on any atom is 0.339 e. The van der Waals surface area contributed by atoms with Crippen LogP contribution in [0.5, 0.6) is 0 Å². The summed E-state index contributed by atoms with van der Waals surface area (Å²) in [6.07, 6.45) is 3.53. The van der Waals surface area contributed by atoms with Crippen LogP contribution in [-0.4, -0.2) is 21.3 Å². The van der Waals surface area contributed by atoms with E-state index in [1.807, 2.05) is 0 Å². The van der Waals surface area contributed by atoms with Gasteiger partial charge in [0.05, 0.1) is 6.20 Å². The molecule has 1 aromatic heterocycles. The highest BCUT2D eigenvalue weighted by Gasteiger charge is 2.30. The molecule has 1 saturated carbocycles. The third-order valence-electron chi connectivity index (χ3n) is 2.07. The Morgan fingerprint density at radius 3 is 2.85 bits per heavy atom. The molecule has 2 rings (SSSR count). The van der Waals surface area contributed by atoms with Crippen LogP contribution in [-0.2, 0) is 0 Å². The van der Waals surface area contributed by atoms with Crippen molar-refractivity contribution in [3.63, 3.8) is 0 Å². The first-order chi connectivity index (χ1) is 6.20. The van der Waals surface area contributed by atoms with E-state index in [2.05, 4.69) is 10.2 Å². The summed E-state index contributed by atoms with van der Waals surface area (Å²) in [5.41, 5.74) is 0.826. The summed E-state index contributed by atoms with van der Waals surface area (Å²) in [4.78, 5) is 10.8. The Balaban J connectivity index is 2.53. The van der Waals surface area contributed by atoms with Gasteiger partial charge in [-0.3, -0.25) is 0 Å². The first-order valence-electron chi connectivity index (χ1n) is 3.94. The normalized spacial score (nSPS) is 15.8. The van der Waals surface area contributed by atoms with Gasteiger partial charge in [0.25, 0.3) is 0 Å². The first-order valence-corrected chi connectivity index (χ1v) is 4.32. The standard InChI is InChI=1S/C8H7ClN2O2/c9-7-6(8(12)13)5(3-10-11-7)4-1-2-4/h3-4H,1-2H2,(H,12,13). The van der Waals surface area contributed by atoms with E-state index < -0.39 is 5.97 Å². The van der Waals surface area contributed by atoms with Crippen LogP contribution in [0.4, 0.5) is 0 Å². The van der Waals surface area contributed by atoms with E-state index in [9.17, 15) is 4.79 Å². The van der Waals surface area contributed by atoms with Crippen LogP contribution in [0.2, 0.25) is 5.15 Å². The molecule has 5 heteroatoms. The van der Waals surface area contributed by atoms with Crippen molar-refractivity contribution in [1.29, 1.82) is 0 Å². The number of carbonyl (C=O) groups is 1. The molecule has 1 aromatic rings. The Hall–Kier alpha value is -1.16. The molecule has 0 aliphatic heterocycles. The van der Waals surface area contributed by atoms with Gasteiger partial charge in [0.2, 0.25) is 0 Å². The molecule has 0 radical (unpaired) electrons. The van der Waals surface area contributed by atoms with E-state index in [0.717, 1.165) is 12.8 Å². The number of carboxylic acids is 1. The second-order valence-corrected chi connectivity index (χ2v) is 3.40. The molecular weight excluding hydrogens is 192 g/mol. The van der Waals surface area contributed by atoms with Crippen molar-refractivity contribution in [2.24, 2.45) is 0 Å². The van der Waals surface area contributed by atoms with Crippen LogP contribution in [0.25, 0.3) is 0 Å². The van der Waals surface area contributed by atoms with Crippen LogP contribution in [0.3, 0.4) is 0 Å². The van der Waals surface area contributed by atoms with Crippen molar-refractivity contribution in [3.05, 3.63) is 22.5 Å². The molecule has 0 amide bonds. The fraction of sp³-hybridized carbons (Fsp3) is 0.375. The molecular formula is C8H7ClN2O2. The van der Waals surface area contributed by atoms with Crippen molar-refractivity contribution in [3.8, 4) is 0 Å². The number of hydrogen-bond acceptors (Lipinski definition) is 3. The highest BCUT2D eigenvalue weighted by Crippen LogP contribution is 2.42. The van der Waals surface area contributed by atoms with E-state index >= 15 is 0 Å². The third-order valence-corrected chi connectivity index (χ3v) is 2.33. The lowest BCUT2D eigenvalue weighted by Crippen LogP contribution is -2.05. The van der Waals surface area contributed by atoms with E-state index in [-0.39, 0.29) is 10.7 Å². The van der Waals surface area contributed by atoms with E-state index in [4.69, 9.17) is 16.7 Å². The van der Waals surface area contributed by atoms with Crippen LogP contribution < -0.4 is 0 Å². The number of aromatic carboxylic acids is 1. The monoisotopic (exact) mass is 198 g/mol. The van der Waals surface area contributed by atoms with Gasteiger partial charge in [-0.2, -0.15) is 5.10 Å². The van der Waals surface area contributed by atoms with Crippen LogP contribution in [0, 0.1) is 0 Å². The first kappa shape index (κ1) is 8.44. The Kier molecular flexibility index (Phi) is 1.92. The van der Waals surface area contributed by atoms with Crippen LogP contribution in [0.1, 0.15) is 34.7 Å². The Labute approximate surface area is 79.6 Å². The summed E-state index contributed by atoms with van der Waals surface area (Å²) >= 11 is 5.64.